The highest BCUT2D eigenvalue weighted by molar-refractivity contribution is 5.98. The van der Waals surface area contributed by atoms with Crippen molar-refractivity contribution in [1.29, 1.82) is 0 Å². The van der Waals surface area contributed by atoms with Gasteiger partial charge in [-0.3, -0.25) is 24.2 Å². The number of amides is 4. The number of aliphatic hydroxyl groups is 1. The molecule has 2 aromatic heterocycles. The maximum atomic E-state index is 13.6. The van der Waals surface area contributed by atoms with Gasteiger partial charge in [0.2, 0.25) is 17.7 Å². The molecule has 1 fully saturated rings. The zero-order chi connectivity index (χ0) is 28.7. The van der Waals surface area contributed by atoms with Crippen LogP contribution in [0.15, 0.2) is 42.9 Å². The predicted molar refractivity (Wildman–Crippen MR) is 141 cm³/mol. The van der Waals surface area contributed by atoms with Crippen LogP contribution in [0.1, 0.15) is 50.2 Å². The molecule has 2 aromatic rings. The summed E-state index contributed by atoms with van der Waals surface area (Å²) in [6, 6.07) is 2.12. The second-order valence-electron chi connectivity index (χ2n) is 10.3. The van der Waals surface area contributed by atoms with Crippen LogP contribution in [-0.4, -0.2) is 74.1 Å². The standard InChI is InChI=1S/C27H36N6O6/c1-14(2)11-19-25(37)30-16(4)21(33-27(39)22-20(34)8-6-10-29-22)26(38)31-18(12-17-7-5-9-28-13-17)23(35)15(3)24(36)32-19/h5-10,13-16,18-19,21,23,34-35H,11-12H2,1-4H3,(H,30,37)(H,31,38)(H,32,36)(H,33,39). The van der Waals surface area contributed by atoms with Crippen LogP contribution in [-0.2, 0) is 20.8 Å². The van der Waals surface area contributed by atoms with Gasteiger partial charge in [0.15, 0.2) is 5.69 Å². The lowest BCUT2D eigenvalue weighted by molar-refractivity contribution is -0.136. The first-order valence-corrected chi connectivity index (χ1v) is 12.9. The molecule has 12 nitrogen and oxygen atoms in total. The number of aliphatic hydroxyl groups excluding tert-OH is 1. The second-order valence-corrected chi connectivity index (χ2v) is 10.3. The van der Waals surface area contributed by atoms with Gasteiger partial charge < -0.3 is 31.5 Å². The summed E-state index contributed by atoms with van der Waals surface area (Å²) in [6.07, 6.45) is 3.63. The molecule has 0 aromatic carbocycles. The molecule has 0 radical (unpaired) electrons. The quantitative estimate of drug-likeness (QED) is 0.297. The molecule has 1 saturated heterocycles. The number of nitrogens with zero attached hydrogens (tertiary/aromatic N) is 2. The van der Waals surface area contributed by atoms with Gasteiger partial charge in [0.05, 0.1) is 24.1 Å². The lowest BCUT2D eigenvalue weighted by Crippen LogP contribution is -2.64. The second kappa shape index (κ2) is 13.1. The van der Waals surface area contributed by atoms with Gasteiger partial charge in [0, 0.05) is 18.6 Å². The third-order valence-electron chi connectivity index (χ3n) is 6.62. The molecule has 3 heterocycles. The van der Waals surface area contributed by atoms with Crippen LogP contribution >= 0.6 is 0 Å². The van der Waals surface area contributed by atoms with E-state index in [0.29, 0.717) is 12.0 Å². The lowest BCUT2D eigenvalue weighted by Gasteiger charge is -2.34. The van der Waals surface area contributed by atoms with Crippen LogP contribution in [0.3, 0.4) is 0 Å². The van der Waals surface area contributed by atoms with E-state index in [0.717, 1.165) is 0 Å². The monoisotopic (exact) mass is 540 g/mol. The smallest absolute Gasteiger partial charge is 0.274 e. The van der Waals surface area contributed by atoms with E-state index in [-0.39, 0.29) is 23.8 Å². The number of hydrogen-bond acceptors (Lipinski definition) is 8. The molecule has 6 atom stereocenters. The van der Waals surface area contributed by atoms with Gasteiger partial charge in [-0.05, 0) is 49.4 Å². The number of nitrogens with one attached hydrogen (secondary N) is 4. The molecule has 0 saturated carbocycles. The summed E-state index contributed by atoms with van der Waals surface area (Å²) < 4.78 is 0. The van der Waals surface area contributed by atoms with Crippen molar-refractivity contribution >= 4 is 23.6 Å². The summed E-state index contributed by atoms with van der Waals surface area (Å²) >= 11 is 0. The fourth-order valence-corrected chi connectivity index (χ4v) is 4.42. The lowest BCUT2D eigenvalue weighted by atomic mass is 9.91. The molecule has 4 amide bonds. The van der Waals surface area contributed by atoms with Gasteiger partial charge >= 0.3 is 0 Å². The molecule has 12 heteroatoms. The Hall–Kier alpha value is -4.06. The first-order valence-electron chi connectivity index (χ1n) is 12.9. The molecular weight excluding hydrogens is 504 g/mol. The molecule has 3 rings (SSSR count). The van der Waals surface area contributed by atoms with Crippen molar-refractivity contribution in [1.82, 2.24) is 31.2 Å². The number of aromatic nitrogens is 2. The highest BCUT2D eigenvalue weighted by atomic mass is 16.3. The van der Waals surface area contributed by atoms with Crippen molar-refractivity contribution in [2.45, 2.75) is 70.8 Å². The first-order chi connectivity index (χ1) is 18.5. The molecule has 6 unspecified atom stereocenters. The van der Waals surface area contributed by atoms with Gasteiger partial charge in [-0.25, -0.2) is 4.98 Å². The van der Waals surface area contributed by atoms with E-state index in [4.69, 9.17) is 0 Å². The van der Waals surface area contributed by atoms with Crippen molar-refractivity contribution in [2.75, 3.05) is 0 Å². The summed E-state index contributed by atoms with van der Waals surface area (Å²) in [5, 5.41) is 32.1. The van der Waals surface area contributed by atoms with Crippen LogP contribution < -0.4 is 21.3 Å². The Morgan fingerprint density at radius 2 is 1.74 bits per heavy atom. The molecule has 0 bridgehead atoms. The van der Waals surface area contributed by atoms with Crippen molar-refractivity contribution in [3.63, 3.8) is 0 Å². The molecule has 39 heavy (non-hydrogen) atoms. The Morgan fingerprint density at radius 1 is 1.03 bits per heavy atom. The Balaban J connectivity index is 1.99. The molecule has 6 N–H and O–H groups in total. The molecule has 1 aliphatic rings. The van der Waals surface area contributed by atoms with Gasteiger partial charge in [0.25, 0.3) is 5.91 Å². The van der Waals surface area contributed by atoms with Crippen molar-refractivity contribution in [3.05, 3.63) is 54.1 Å². The van der Waals surface area contributed by atoms with E-state index in [1.165, 1.54) is 32.2 Å². The van der Waals surface area contributed by atoms with E-state index in [1.54, 1.807) is 24.5 Å². The minimum absolute atomic E-state index is 0.0498. The molecular formula is C27H36N6O6. The van der Waals surface area contributed by atoms with Crippen LogP contribution in [0.4, 0.5) is 0 Å². The van der Waals surface area contributed by atoms with Gasteiger partial charge in [0.1, 0.15) is 17.8 Å². The predicted octanol–water partition coefficient (Wildman–Crippen LogP) is 0.0543. The zero-order valence-electron chi connectivity index (χ0n) is 22.4. The van der Waals surface area contributed by atoms with E-state index in [1.807, 2.05) is 13.8 Å². The van der Waals surface area contributed by atoms with E-state index in [9.17, 15) is 29.4 Å². The maximum absolute atomic E-state index is 13.6. The number of pyridine rings is 2. The Labute approximate surface area is 227 Å². The largest absolute Gasteiger partial charge is 0.505 e. The Kier molecular flexibility index (Phi) is 9.94. The van der Waals surface area contributed by atoms with Crippen molar-refractivity contribution in [2.24, 2.45) is 11.8 Å². The fraction of sp³-hybridized carbons (Fsp3) is 0.481. The minimum Gasteiger partial charge on any atom is -0.505 e. The highest BCUT2D eigenvalue weighted by Gasteiger charge is 2.38. The third kappa shape index (κ3) is 7.73. The Bertz CT molecular complexity index is 1180. The van der Waals surface area contributed by atoms with Crippen LogP contribution in [0.25, 0.3) is 0 Å². The van der Waals surface area contributed by atoms with Crippen LogP contribution in [0.2, 0.25) is 0 Å². The summed E-state index contributed by atoms with van der Waals surface area (Å²) in [5.74, 6) is -3.90. The Morgan fingerprint density at radius 3 is 2.38 bits per heavy atom. The topological polar surface area (TPSA) is 183 Å². The van der Waals surface area contributed by atoms with Gasteiger partial charge in [-0.1, -0.05) is 26.8 Å². The first kappa shape index (κ1) is 29.5. The van der Waals surface area contributed by atoms with Crippen molar-refractivity contribution < 1.29 is 29.4 Å². The summed E-state index contributed by atoms with van der Waals surface area (Å²) in [5.41, 5.74) is 0.417. The van der Waals surface area contributed by atoms with E-state index >= 15 is 0 Å². The SMILES string of the molecule is CC(C)CC1NC(=O)C(C)C(O)C(Cc2cccnc2)NC(=O)C(NC(=O)c2ncccc2O)C(C)NC1=O. The molecule has 210 valence electrons. The van der Waals surface area contributed by atoms with Crippen LogP contribution in [0, 0.1) is 11.8 Å². The summed E-state index contributed by atoms with van der Waals surface area (Å²) in [6.45, 7) is 6.86. The number of hydrogen-bond donors (Lipinski definition) is 6. The molecule has 0 aliphatic carbocycles. The highest BCUT2D eigenvalue weighted by Crippen LogP contribution is 2.17. The van der Waals surface area contributed by atoms with Crippen LogP contribution in [0.5, 0.6) is 5.75 Å². The zero-order valence-corrected chi connectivity index (χ0v) is 22.4. The number of carbonyl (C=O) groups excluding carboxylic acids is 4. The normalized spacial score (nSPS) is 26.5. The molecule has 1 aliphatic heterocycles. The van der Waals surface area contributed by atoms with Gasteiger partial charge in [-0.2, -0.15) is 0 Å². The fourth-order valence-electron chi connectivity index (χ4n) is 4.42. The summed E-state index contributed by atoms with van der Waals surface area (Å²) in [4.78, 5) is 60.8. The van der Waals surface area contributed by atoms with E-state index < -0.39 is 59.8 Å². The molecule has 0 spiro atoms. The average molecular weight is 541 g/mol. The number of aromatic hydroxyl groups is 1. The van der Waals surface area contributed by atoms with Crippen molar-refractivity contribution in [3.8, 4) is 5.75 Å². The maximum Gasteiger partial charge on any atom is 0.274 e. The minimum atomic E-state index is -1.33. The third-order valence-corrected chi connectivity index (χ3v) is 6.62. The summed E-state index contributed by atoms with van der Waals surface area (Å²) in [7, 11) is 0. The van der Waals surface area contributed by atoms with E-state index in [2.05, 4.69) is 31.2 Å². The number of carbonyl (C=O) groups is 4. The van der Waals surface area contributed by atoms with Gasteiger partial charge in [-0.15, -0.1) is 0 Å². The number of rotatable bonds is 6. The average Bonchev–Trinajstić information content (AvgIpc) is 2.89.